The summed E-state index contributed by atoms with van der Waals surface area (Å²) in [5.74, 6) is 0. The molecule has 0 N–H and O–H groups in total. The van der Waals surface area contributed by atoms with Gasteiger partial charge in [-0.1, -0.05) is 35.7 Å². The minimum atomic E-state index is 0.632. The standard InChI is InChI=1S/C16H24Cl2N2/c1-19(12-14-5-3-4-9-20(14)2)10-8-13-6-7-15(17)16(18)11-13/h6-7,11,14H,3-5,8-10,12H2,1-2H3/t14-/m1/s1. The highest BCUT2D eigenvalue weighted by Gasteiger charge is 2.19. The van der Waals surface area contributed by atoms with Gasteiger partial charge in [0.2, 0.25) is 0 Å². The summed E-state index contributed by atoms with van der Waals surface area (Å²) in [6.07, 6.45) is 5.06. The molecule has 1 heterocycles. The molecule has 0 amide bonds. The van der Waals surface area contributed by atoms with E-state index in [1.54, 1.807) is 0 Å². The molecule has 0 aliphatic carbocycles. The van der Waals surface area contributed by atoms with Gasteiger partial charge in [-0.2, -0.15) is 0 Å². The van der Waals surface area contributed by atoms with Crippen LogP contribution in [0.5, 0.6) is 0 Å². The molecule has 2 nitrogen and oxygen atoms in total. The zero-order valence-corrected chi connectivity index (χ0v) is 13.9. The van der Waals surface area contributed by atoms with Crippen LogP contribution in [-0.2, 0) is 6.42 Å². The molecule has 1 aliphatic rings. The van der Waals surface area contributed by atoms with Crippen LogP contribution in [0.15, 0.2) is 18.2 Å². The van der Waals surface area contributed by atoms with E-state index < -0.39 is 0 Å². The molecule has 2 rings (SSSR count). The molecule has 1 atom stereocenters. The van der Waals surface area contributed by atoms with Crippen LogP contribution in [0.3, 0.4) is 0 Å². The number of likely N-dealkylation sites (N-methyl/N-ethyl adjacent to an activating group) is 2. The fraction of sp³-hybridized carbons (Fsp3) is 0.625. The lowest BCUT2D eigenvalue weighted by molar-refractivity contribution is 0.142. The molecule has 4 heteroatoms. The zero-order chi connectivity index (χ0) is 14.5. The molecular formula is C16H24Cl2N2. The Morgan fingerprint density at radius 2 is 2.05 bits per heavy atom. The van der Waals surface area contributed by atoms with Crippen molar-refractivity contribution in [1.82, 2.24) is 9.80 Å². The molecule has 20 heavy (non-hydrogen) atoms. The van der Waals surface area contributed by atoms with Gasteiger partial charge in [0.05, 0.1) is 10.0 Å². The number of rotatable bonds is 5. The van der Waals surface area contributed by atoms with Crippen molar-refractivity contribution in [3.8, 4) is 0 Å². The molecule has 1 aliphatic heterocycles. The van der Waals surface area contributed by atoms with E-state index in [-0.39, 0.29) is 0 Å². The predicted octanol–water partition coefficient (Wildman–Crippen LogP) is 3.95. The second kappa shape index (κ2) is 7.65. The summed E-state index contributed by atoms with van der Waals surface area (Å²) in [5, 5.41) is 1.28. The molecule has 0 spiro atoms. The predicted molar refractivity (Wildman–Crippen MR) is 87.9 cm³/mol. The summed E-state index contributed by atoms with van der Waals surface area (Å²) in [7, 11) is 4.45. The lowest BCUT2D eigenvalue weighted by Crippen LogP contribution is -2.44. The van der Waals surface area contributed by atoms with Gasteiger partial charge >= 0.3 is 0 Å². The fourth-order valence-corrected chi connectivity index (χ4v) is 3.16. The van der Waals surface area contributed by atoms with Crippen molar-refractivity contribution in [2.75, 3.05) is 33.7 Å². The summed E-state index contributed by atoms with van der Waals surface area (Å²) in [4.78, 5) is 4.92. The number of halogens is 2. The monoisotopic (exact) mass is 314 g/mol. The lowest BCUT2D eigenvalue weighted by atomic mass is 10.0. The van der Waals surface area contributed by atoms with Crippen LogP contribution in [0.2, 0.25) is 10.0 Å². The highest BCUT2D eigenvalue weighted by Crippen LogP contribution is 2.23. The topological polar surface area (TPSA) is 6.48 Å². The van der Waals surface area contributed by atoms with Gasteiger partial charge in [-0.15, -0.1) is 0 Å². The third-order valence-electron chi connectivity index (χ3n) is 4.21. The Kier molecular flexibility index (Phi) is 6.16. The maximum atomic E-state index is 6.05. The van der Waals surface area contributed by atoms with E-state index in [2.05, 4.69) is 30.0 Å². The smallest absolute Gasteiger partial charge is 0.0595 e. The van der Waals surface area contributed by atoms with E-state index >= 15 is 0 Å². The van der Waals surface area contributed by atoms with Crippen LogP contribution in [0.25, 0.3) is 0 Å². The number of likely N-dealkylation sites (tertiary alicyclic amines) is 1. The van der Waals surface area contributed by atoms with Crippen molar-refractivity contribution in [1.29, 1.82) is 0 Å². The average Bonchev–Trinajstić information content (AvgIpc) is 2.43. The van der Waals surface area contributed by atoms with E-state index in [9.17, 15) is 0 Å². The Balaban J connectivity index is 1.79. The van der Waals surface area contributed by atoms with Crippen molar-refractivity contribution in [3.63, 3.8) is 0 Å². The molecule has 0 bridgehead atoms. The second-order valence-corrected chi connectivity index (χ2v) is 6.71. The number of hydrogen-bond acceptors (Lipinski definition) is 2. The third kappa shape index (κ3) is 4.63. The van der Waals surface area contributed by atoms with Crippen molar-refractivity contribution >= 4 is 23.2 Å². The highest BCUT2D eigenvalue weighted by molar-refractivity contribution is 6.42. The van der Waals surface area contributed by atoms with Crippen molar-refractivity contribution in [3.05, 3.63) is 33.8 Å². The molecule has 1 saturated heterocycles. The molecule has 1 aromatic rings. The first-order valence-electron chi connectivity index (χ1n) is 7.39. The normalized spacial score (nSPS) is 20.6. The minimum Gasteiger partial charge on any atom is -0.304 e. The first kappa shape index (κ1) is 16.1. The molecule has 1 aromatic carbocycles. The quantitative estimate of drug-likeness (QED) is 0.812. The molecule has 0 unspecified atom stereocenters. The van der Waals surface area contributed by atoms with Crippen molar-refractivity contribution in [2.24, 2.45) is 0 Å². The Hall–Kier alpha value is -0.280. The van der Waals surface area contributed by atoms with Crippen LogP contribution in [0.1, 0.15) is 24.8 Å². The van der Waals surface area contributed by atoms with Gasteiger partial charge in [0, 0.05) is 19.1 Å². The number of benzene rings is 1. The summed E-state index contributed by atoms with van der Waals surface area (Å²) in [6, 6.07) is 6.63. The first-order chi connectivity index (χ1) is 9.56. The molecule has 1 fully saturated rings. The fourth-order valence-electron chi connectivity index (χ4n) is 2.84. The van der Waals surface area contributed by atoms with E-state index in [0.29, 0.717) is 16.1 Å². The van der Waals surface area contributed by atoms with Crippen LogP contribution in [0, 0.1) is 0 Å². The molecule has 0 saturated carbocycles. The summed E-state index contributed by atoms with van der Waals surface area (Å²) in [6.45, 7) is 3.45. The summed E-state index contributed by atoms with van der Waals surface area (Å²) in [5.41, 5.74) is 1.25. The van der Waals surface area contributed by atoms with E-state index in [4.69, 9.17) is 23.2 Å². The van der Waals surface area contributed by atoms with Crippen molar-refractivity contribution in [2.45, 2.75) is 31.7 Å². The van der Waals surface area contributed by atoms with Gasteiger partial charge in [0.1, 0.15) is 0 Å². The molecular weight excluding hydrogens is 291 g/mol. The van der Waals surface area contributed by atoms with Gasteiger partial charge in [-0.05, 0) is 57.6 Å². The van der Waals surface area contributed by atoms with Crippen LogP contribution in [0.4, 0.5) is 0 Å². The van der Waals surface area contributed by atoms with Crippen LogP contribution >= 0.6 is 23.2 Å². The Labute approximate surface area is 132 Å². The van der Waals surface area contributed by atoms with Gasteiger partial charge in [0.25, 0.3) is 0 Å². The third-order valence-corrected chi connectivity index (χ3v) is 4.95. The Bertz CT molecular complexity index is 436. The van der Waals surface area contributed by atoms with E-state index in [0.717, 1.165) is 19.5 Å². The van der Waals surface area contributed by atoms with Gasteiger partial charge in [-0.3, -0.25) is 0 Å². The number of piperidine rings is 1. The zero-order valence-electron chi connectivity index (χ0n) is 12.4. The first-order valence-corrected chi connectivity index (χ1v) is 8.14. The van der Waals surface area contributed by atoms with Crippen LogP contribution < -0.4 is 0 Å². The van der Waals surface area contributed by atoms with Crippen molar-refractivity contribution < 1.29 is 0 Å². The number of nitrogens with zero attached hydrogens (tertiary/aromatic N) is 2. The maximum Gasteiger partial charge on any atom is 0.0595 e. The second-order valence-electron chi connectivity index (χ2n) is 5.89. The van der Waals surface area contributed by atoms with E-state index in [1.165, 1.54) is 31.4 Å². The maximum absolute atomic E-state index is 6.05. The van der Waals surface area contributed by atoms with Gasteiger partial charge < -0.3 is 9.80 Å². The summed E-state index contributed by atoms with van der Waals surface area (Å²) >= 11 is 12.0. The van der Waals surface area contributed by atoms with E-state index in [1.807, 2.05) is 12.1 Å². The minimum absolute atomic E-state index is 0.632. The largest absolute Gasteiger partial charge is 0.304 e. The average molecular weight is 315 g/mol. The summed E-state index contributed by atoms with van der Waals surface area (Å²) < 4.78 is 0. The number of hydrogen-bond donors (Lipinski definition) is 0. The Morgan fingerprint density at radius 1 is 1.25 bits per heavy atom. The SMILES string of the molecule is CN(CCc1ccc(Cl)c(Cl)c1)C[C@H]1CCCCN1C. The molecule has 112 valence electrons. The molecule has 0 radical (unpaired) electrons. The molecule has 0 aromatic heterocycles. The van der Waals surface area contributed by atoms with Gasteiger partial charge in [-0.25, -0.2) is 0 Å². The van der Waals surface area contributed by atoms with Gasteiger partial charge in [0.15, 0.2) is 0 Å². The van der Waals surface area contributed by atoms with Crippen LogP contribution in [-0.4, -0.2) is 49.6 Å². The lowest BCUT2D eigenvalue weighted by Gasteiger charge is -2.35. The highest BCUT2D eigenvalue weighted by atomic mass is 35.5. The Morgan fingerprint density at radius 3 is 2.75 bits per heavy atom.